The minimum atomic E-state index is 0.990. The number of nitrogens with one attached hydrogen (secondary N) is 1. The molecule has 1 rings (SSSR count). The monoisotopic (exact) mass is 177 g/mol. The fourth-order valence-electron chi connectivity index (χ4n) is 1.46. The third kappa shape index (κ3) is 2.31. The Labute approximate surface area is 81.2 Å². The maximum Gasteiger partial charge on any atom is 0.0208 e. The van der Waals surface area contributed by atoms with Crippen LogP contribution in [-0.4, -0.2) is 6.54 Å². The van der Waals surface area contributed by atoms with Crippen LogP contribution in [0.2, 0.25) is 0 Å². The van der Waals surface area contributed by atoms with Crippen molar-refractivity contribution in [2.45, 2.75) is 34.2 Å². The molecule has 0 amide bonds. The first kappa shape index (κ1) is 10.3. The molecule has 0 radical (unpaired) electrons. The molecule has 0 atom stereocenters. The van der Waals surface area contributed by atoms with Gasteiger partial charge in [0.05, 0.1) is 0 Å². The van der Waals surface area contributed by atoms with Gasteiger partial charge in [-0.1, -0.05) is 19.1 Å². The van der Waals surface area contributed by atoms with E-state index < -0.39 is 0 Å². The highest BCUT2D eigenvalue weighted by molar-refractivity contribution is 5.38. The lowest BCUT2D eigenvalue weighted by atomic mass is 9.99. The molecule has 0 unspecified atom stereocenters. The predicted octanol–water partition coefficient (Wildman–Crippen LogP) is 2.72. The smallest absolute Gasteiger partial charge is 0.0208 e. The van der Waals surface area contributed by atoms with E-state index in [4.69, 9.17) is 0 Å². The first-order chi connectivity index (χ1) is 6.16. The van der Waals surface area contributed by atoms with Crippen LogP contribution in [0.4, 0.5) is 0 Å². The van der Waals surface area contributed by atoms with Crippen molar-refractivity contribution < 1.29 is 0 Å². The Morgan fingerprint density at radius 1 is 1.08 bits per heavy atom. The van der Waals surface area contributed by atoms with Gasteiger partial charge in [-0.25, -0.2) is 0 Å². The first-order valence-electron chi connectivity index (χ1n) is 4.93. The second-order valence-corrected chi connectivity index (χ2v) is 3.57. The summed E-state index contributed by atoms with van der Waals surface area (Å²) in [4.78, 5) is 0. The highest BCUT2D eigenvalue weighted by atomic mass is 14.8. The van der Waals surface area contributed by atoms with Gasteiger partial charge in [-0.3, -0.25) is 0 Å². The molecule has 0 aromatic heterocycles. The number of hydrogen-bond donors (Lipinski definition) is 1. The molecule has 72 valence electrons. The Morgan fingerprint density at radius 3 is 2.38 bits per heavy atom. The summed E-state index contributed by atoms with van der Waals surface area (Å²) in [5.74, 6) is 0. The quantitative estimate of drug-likeness (QED) is 0.748. The SMILES string of the molecule is CCNCc1ccc(C)c(C)c1C. The van der Waals surface area contributed by atoms with E-state index in [1.807, 2.05) is 0 Å². The number of aryl methyl sites for hydroxylation is 1. The molecule has 0 spiro atoms. The second kappa shape index (κ2) is 4.43. The van der Waals surface area contributed by atoms with Gasteiger partial charge in [-0.05, 0) is 49.6 Å². The summed E-state index contributed by atoms with van der Waals surface area (Å²) in [6.07, 6.45) is 0. The summed E-state index contributed by atoms with van der Waals surface area (Å²) < 4.78 is 0. The van der Waals surface area contributed by atoms with Crippen LogP contribution in [-0.2, 0) is 6.54 Å². The molecule has 1 heteroatoms. The zero-order valence-corrected chi connectivity index (χ0v) is 9.07. The van der Waals surface area contributed by atoms with Gasteiger partial charge in [-0.15, -0.1) is 0 Å². The van der Waals surface area contributed by atoms with E-state index in [2.05, 4.69) is 45.1 Å². The third-order valence-electron chi connectivity index (χ3n) is 2.74. The Hall–Kier alpha value is -0.820. The second-order valence-electron chi connectivity index (χ2n) is 3.57. The lowest BCUT2D eigenvalue weighted by Gasteiger charge is -2.11. The van der Waals surface area contributed by atoms with Crippen LogP contribution in [0.1, 0.15) is 29.2 Å². The van der Waals surface area contributed by atoms with E-state index >= 15 is 0 Å². The van der Waals surface area contributed by atoms with Crippen molar-refractivity contribution in [1.82, 2.24) is 5.32 Å². The van der Waals surface area contributed by atoms with Gasteiger partial charge in [-0.2, -0.15) is 0 Å². The van der Waals surface area contributed by atoms with Gasteiger partial charge in [0.15, 0.2) is 0 Å². The molecule has 0 saturated heterocycles. The van der Waals surface area contributed by atoms with Crippen LogP contribution in [0.3, 0.4) is 0 Å². The standard InChI is InChI=1S/C12H19N/c1-5-13-8-12-7-6-9(2)10(3)11(12)4/h6-7,13H,5,8H2,1-4H3. The largest absolute Gasteiger partial charge is 0.313 e. The zero-order chi connectivity index (χ0) is 9.84. The number of hydrogen-bond acceptors (Lipinski definition) is 1. The highest BCUT2D eigenvalue weighted by Gasteiger charge is 2.02. The van der Waals surface area contributed by atoms with E-state index in [1.54, 1.807) is 0 Å². The summed E-state index contributed by atoms with van der Waals surface area (Å²) in [7, 11) is 0. The van der Waals surface area contributed by atoms with Crippen LogP contribution >= 0.6 is 0 Å². The minimum absolute atomic E-state index is 0.990. The van der Waals surface area contributed by atoms with E-state index in [0.29, 0.717) is 0 Å². The summed E-state index contributed by atoms with van der Waals surface area (Å²) in [5, 5.41) is 3.35. The van der Waals surface area contributed by atoms with Gasteiger partial charge in [0.1, 0.15) is 0 Å². The molecule has 0 fully saturated rings. The Bertz CT molecular complexity index is 289. The maximum absolute atomic E-state index is 3.35. The molecule has 1 nitrogen and oxygen atoms in total. The van der Waals surface area contributed by atoms with Gasteiger partial charge in [0, 0.05) is 6.54 Å². The van der Waals surface area contributed by atoms with Crippen LogP contribution in [0, 0.1) is 20.8 Å². The summed E-state index contributed by atoms with van der Waals surface area (Å²) in [6.45, 7) is 10.7. The number of benzene rings is 1. The predicted molar refractivity (Wildman–Crippen MR) is 58.0 cm³/mol. The third-order valence-corrected chi connectivity index (χ3v) is 2.74. The number of rotatable bonds is 3. The normalized spacial score (nSPS) is 10.5. The van der Waals surface area contributed by atoms with Crippen LogP contribution in [0.15, 0.2) is 12.1 Å². The van der Waals surface area contributed by atoms with E-state index in [-0.39, 0.29) is 0 Å². The lowest BCUT2D eigenvalue weighted by Crippen LogP contribution is -2.13. The van der Waals surface area contributed by atoms with Crippen molar-refractivity contribution >= 4 is 0 Å². The summed E-state index contributed by atoms with van der Waals surface area (Å²) in [5.41, 5.74) is 5.67. The van der Waals surface area contributed by atoms with Gasteiger partial charge >= 0.3 is 0 Å². The maximum atomic E-state index is 3.35. The molecule has 0 aliphatic rings. The molecular formula is C12H19N. The molecule has 0 saturated carbocycles. The van der Waals surface area contributed by atoms with Crippen molar-refractivity contribution in [2.75, 3.05) is 6.54 Å². The molecule has 0 aliphatic heterocycles. The molecule has 0 aliphatic carbocycles. The molecule has 0 heterocycles. The molecule has 1 N–H and O–H groups in total. The lowest BCUT2D eigenvalue weighted by molar-refractivity contribution is 0.722. The van der Waals surface area contributed by atoms with Crippen LogP contribution in [0.25, 0.3) is 0 Å². The van der Waals surface area contributed by atoms with Gasteiger partial charge < -0.3 is 5.32 Å². The Kier molecular flexibility index (Phi) is 3.49. The van der Waals surface area contributed by atoms with E-state index in [9.17, 15) is 0 Å². The zero-order valence-electron chi connectivity index (χ0n) is 9.07. The first-order valence-corrected chi connectivity index (χ1v) is 4.93. The summed E-state index contributed by atoms with van der Waals surface area (Å²) >= 11 is 0. The van der Waals surface area contributed by atoms with Gasteiger partial charge in [0.2, 0.25) is 0 Å². The average molecular weight is 177 g/mol. The average Bonchev–Trinajstić information content (AvgIpc) is 2.13. The van der Waals surface area contributed by atoms with Crippen molar-refractivity contribution in [2.24, 2.45) is 0 Å². The fraction of sp³-hybridized carbons (Fsp3) is 0.500. The molecule has 13 heavy (non-hydrogen) atoms. The van der Waals surface area contributed by atoms with Crippen molar-refractivity contribution in [3.63, 3.8) is 0 Å². The van der Waals surface area contributed by atoms with E-state index in [1.165, 1.54) is 22.3 Å². The fourth-order valence-corrected chi connectivity index (χ4v) is 1.46. The van der Waals surface area contributed by atoms with Crippen molar-refractivity contribution in [3.8, 4) is 0 Å². The van der Waals surface area contributed by atoms with Crippen molar-refractivity contribution in [3.05, 3.63) is 34.4 Å². The Morgan fingerprint density at radius 2 is 1.77 bits per heavy atom. The molecule has 1 aromatic carbocycles. The van der Waals surface area contributed by atoms with Crippen molar-refractivity contribution in [1.29, 1.82) is 0 Å². The molecular weight excluding hydrogens is 158 g/mol. The molecule has 1 aromatic rings. The van der Waals surface area contributed by atoms with Crippen LogP contribution in [0.5, 0.6) is 0 Å². The minimum Gasteiger partial charge on any atom is -0.313 e. The molecule has 0 bridgehead atoms. The van der Waals surface area contributed by atoms with E-state index in [0.717, 1.165) is 13.1 Å². The van der Waals surface area contributed by atoms with Gasteiger partial charge in [0.25, 0.3) is 0 Å². The Balaban J connectivity index is 2.90. The highest BCUT2D eigenvalue weighted by Crippen LogP contribution is 2.16. The van der Waals surface area contributed by atoms with Crippen LogP contribution < -0.4 is 5.32 Å². The summed E-state index contributed by atoms with van der Waals surface area (Å²) in [6, 6.07) is 4.43. The topological polar surface area (TPSA) is 12.0 Å².